The Morgan fingerprint density at radius 2 is 0.605 bits per heavy atom. The number of aromatic hydroxyl groups is 2. The molecule has 38 heavy (non-hydrogen) atoms. The van der Waals surface area contributed by atoms with E-state index in [1.165, 1.54) is 77.0 Å². The number of ether oxygens (including phenoxy) is 2. The maximum Gasteiger partial charge on any atom is 0.122 e. The molecule has 2 aromatic carbocycles. The topological polar surface area (TPSA) is 58.9 Å². The lowest BCUT2D eigenvalue weighted by molar-refractivity contribution is 0.408. The Labute approximate surface area is 231 Å². The van der Waals surface area contributed by atoms with Crippen LogP contribution < -0.4 is 9.47 Å². The number of benzene rings is 2. The molecule has 2 aromatic rings. The molecule has 0 spiro atoms. The second kappa shape index (κ2) is 17.3. The molecule has 1 aliphatic carbocycles. The molecule has 0 unspecified atom stereocenters. The normalized spacial score (nSPS) is 17.9. The summed E-state index contributed by atoms with van der Waals surface area (Å²) in [6.07, 6.45) is 23.0. The summed E-state index contributed by atoms with van der Waals surface area (Å²) in [7, 11) is 3.44. The molecule has 0 amide bonds. The largest absolute Gasteiger partial charge is 0.507 e. The highest BCUT2D eigenvalue weighted by molar-refractivity contribution is 5.47. The molecule has 0 fully saturated rings. The van der Waals surface area contributed by atoms with E-state index in [4.69, 9.17) is 9.47 Å². The third-order valence-corrected chi connectivity index (χ3v) is 8.24. The molecular formula is C34H52O4. The van der Waals surface area contributed by atoms with E-state index >= 15 is 0 Å². The van der Waals surface area contributed by atoms with Gasteiger partial charge in [-0.15, -0.1) is 0 Å². The Morgan fingerprint density at radius 1 is 0.395 bits per heavy atom. The van der Waals surface area contributed by atoms with Crippen LogP contribution >= 0.6 is 0 Å². The monoisotopic (exact) mass is 524 g/mol. The quantitative estimate of drug-likeness (QED) is 0.411. The molecule has 0 atom stereocenters. The first-order valence-electron chi connectivity index (χ1n) is 15.4. The van der Waals surface area contributed by atoms with Gasteiger partial charge in [0.15, 0.2) is 0 Å². The van der Waals surface area contributed by atoms with Crippen LogP contribution in [-0.2, 0) is 25.7 Å². The predicted octanol–water partition coefficient (Wildman–Crippen LogP) is 9.24. The molecule has 0 radical (unpaired) electrons. The Bertz CT molecular complexity index is 808. The molecular weight excluding hydrogens is 472 g/mol. The summed E-state index contributed by atoms with van der Waals surface area (Å²) in [6, 6.07) is 8.10. The zero-order valence-corrected chi connectivity index (χ0v) is 24.2. The molecule has 4 nitrogen and oxygen atoms in total. The third kappa shape index (κ3) is 10.1. The van der Waals surface area contributed by atoms with Crippen molar-refractivity contribution in [2.24, 2.45) is 0 Å². The van der Waals surface area contributed by atoms with Gasteiger partial charge in [0, 0.05) is 0 Å². The van der Waals surface area contributed by atoms with Crippen molar-refractivity contribution in [3.05, 3.63) is 46.5 Å². The minimum atomic E-state index is 0.501. The summed E-state index contributed by atoms with van der Waals surface area (Å²) in [4.78, 5) is 0. The number of methoxy groups -OCH3 is 2. The lowest BCUT2D eigenvalue weighted by Gasteiger charge is -2.13. The van der Waals surface area contributed by atoms with E-state index in [0.717, 1.165) is 85.1 Å². The van der Waals surface area contributed by atoms with Crippen molar-refractivity contribution >= 4 is 0 Å². The zero-order valence-electron chi connectivity index (χ0n) is 24.2. The van der Waals surface area contributed by atoms with Gasteiger partial charge < -0.3 is 19.7 Å². The van der Waals surface area contributed by atoms with E-state index in [-0.39, 0.29) is 0 Å². The zero-order chi connectivity index (χ0) is 27.0. The van der Waals surface area contributed by atoms with Crippen LogP contribution in [0.4, 0.5) is 0 Å². The van der Waals surface area contributed by atoms with E-state index in [1.54, 1.807) is 14.2 Å². The van der Waals surface area contributed by atoms with Crippen LogP contribution in [0.25, 0.3) is 0 Å². The van der Waals surface area contributed by atoms with Crippen LogP contribution in [0.1, 0.15) is 125 Å². The maximum atomic E-state index is 10.9. The highest BCUT2D eigenvalue weighted by atomic mass is 16.5. The first-order chi connectivity index (χ1) is 18.6. The molecule has 0 saturated carbocycles. The number of phenolic OH excluding ortho intramolecular Hbond substituents is 2. The average molecular weight is 525 g/mol. The van der Waals surface area contributed by atoms with Crippen molar-refractivity contribution in [3.8, 4) is 23.0 Å². The van der Waals surface area contributed by atoms with E-state index in [2.05, 4.69) is 0 Å². The minimum Gasteiger partial charge on any atom is -0.507 e. The van der Waals surface area contributed by atoms with Gasteiger partial charge in [0.1, 0.15) is 23.0 Å². The van der Waals surface area contributed by atoms with Crippen molar-refractivity contribution < 1.29 is 19.7 Å². The summed E-state index contributed by atoms with van der Waals surface area (Å²) in [6.45, 7) is 0. The van der Waals surface area contributed by atoms with Gasteiger partial charge in [-0.25, -0.2) is 0 Å². The summed E-state index contributed by atoms with van der Waals surface area (Å²) in [5.41, 5.74) is 4.18. The second-order valence-electron chi connectivity index (χ2n) is 11.2. The summed E-state index contributed by atoms with van der Waals surface area (Å²) in [5, 5.41) is 21.8. The lowest BCUT2D eigenvalue weighted by Crippen LogP contribution is -1.96. The van der Waals surface area contributed by atoms with Gasteiger partial charge in [-0.1, -0.05) is 77.0 Å². The van der Waals surface area contributed by atoms with E-state index < -0.39 is 0 Å². The average Bonchev–Trinajstić information content (AvgIpc) is 2.93. The highest BCUT2D eigenvalue weighted by Crippen LogP contribution is 2.33. The molecule has 212 valence electrons. The van der Waals surface area contributed by atoms with Crippen molar-refractivity contribution in [3.63, 3.8) is 0 Å². The number of aryl methyl sites for hydroxylation is 4. The van der Waals surface area contributed by atoms with Crippen molar-refractivity contribution in [1.29, 1.82) is 0 Å². The smallest absolute Gasteiger partial charge is 0.122 e. The number of rotatable bonds is 2. The van der Waals surface area contributed by atoms with Crippen molar-refractivity contribution in [2.75, 3.05) is 14.2 Å². The number of phenols is 2. The first-order valence-corrected chi connectivity index (χ1v) is 15.4. The highest BCUT2D eigenvalue weighted by Gasteiger charge is 2.12. The van der Waals surface area contributed by atoms with Gasteiger partial charge in [0.25, 0.3) is 0 Å². The van der Waals surface area contributed by atoms with E-state index in [1.807, 2.05) is 24.3 Å². The lowest BCUT2D eigenvalue weighted by atomic mass is 9.96. The van der Waals surface area contributed by atoms with E-state index in [9.17, 15) is 10.2 Å². The summed E-state index contributed by atoms with van der Waals surface area (Å²) < 4.78 is 11.1. The van der Waals surface area contributed by atoms with Crippen LogP contribution in [0.15, 0.2) is 24.3 Å². The number of hydrogen-bond acceptors (Lipinski definition) is 4. The Hall–Kier alpha value is -2.36. The molecule has 0 aromatic heterocycles. The summed E-state index contributed by atoms with van der Waals surface area (Å²) in [5.74, 6) is 2.75. The molecule has 4 heteroatoms. The summed E-state index contributed by atoms with van der Waals surface area (Å²) >= 11 is 0. The van der Waals surface area contributed by atoms with Gasteiger partial charge in [0.2, 0.25) is 0 Å². The van der Waals surface area contributed by atoms with Gasteiger partial charge in [-0.2, -0.15) is 0 Å². The standard InChI is InChI=1S/C34H52O4/c1-37-31-23-27-19-15-11-7-3-5-9-13-17-21-29-25-32(38-2)26-30(34(29)36)22-18-14-10-6-4-8-12-16-20-28(24-31)33(27)35/h23-26,35-36H,3-22H2,1-2H3. The molecule has 0 heterocycles. The molecule has 0 saturated heterocycles. The second-order valence-corrected chi connectivity index (χ2v) is 11.2. The van der Waals surface area contributed by atoms with Gasteiger partial charge in [0.05, 0.1) is 14.2 Å². The van der Waals surface area contributed by atoms with Crippen LogP contribution in [0.3, 0.4) is 0 Å². The molecule has 0 aliphatic heterocycles. The molecule has 4 bridgehead atoms. The number of fused-ring (bicyclic) bond motifs is 4. The van der Waals surface area contributed by atoms with E-state index in [0.29, 0.717) is 11.5 Å². The fourth-order valence-electron chi connectivity index (χ4n) is 5.84. The third-order valence-electron chi connectivity index (χ3n) is 8.24. The number of hydrogen-bond donors (Lipinski definition) is 2. The Balaban J connectivity index is 1.55. The van der Waals surface area contributed by atoms with Crippen LogP contribution in [-0.4, -0.2) is 24.4 Å². The van der Waals surface area contributed by atoms with Crippen LogP contribution in [0.5, 0.6) is 23.0 Å². The SMILES string of the molecule is COc1cc2c(O)c(c1)CCCCCCCCCCc1cc(OC)cc(c1O)CCCCCCCCCC2. The van der Waals surface area contributed by atoms with Gasteiger partial charge in [-0.05, 0) is 97.9 Å². The fourth-order valence-corrected chi connectivity index (χ4v) is 5.84. The fraction of sp³-hybridized carbons (Fsp3) is 0.647. The van der Waals surface area contributed by atoms with Crippen LogP contribution in [0.2, 0.25) is 0 Å². The Kier molecular flexibility index (Phi) is 13.7. The van der Waals surface area contributed by atoms with Crippen molar-refractivity contribution in [1.82, 2.24) is 0 Å². The Morgan fingerprint density at radius 3 is 0.816 bits per heavy atom. The van der Waals surface area contributed by atoms with Gasteiger partial charge in [-0.3, -0.25) is 0 Å². The molecule has 2 N–H and O–H groups in total. The molecule has 3 rings (SSSR count). The minimum absolute atomic E-state index is 0.501. The van der Waals surface area contributed by atoms with Crippen molar-refractivity contribution in [2.45, 2.75) is 128 Å². The van der Waals surface area contributed by atoms with Gasteiger partial charge >= 0.3 is 0 Å². The maximum absolute atomic E-state index is 10.9. The molecule has 1 aliphatic rings. The first kappa shape index (κ1) is 30.2. The van der Waals surface area contributed by atoms with Crippen LogP contribution in [0, 0.1) is 0 Å². The predicted molar refractivity (Wildman–Crippen MR) is 158 cm³/mol.